The van der Waals surface area contributed by atoms with Crippen LogP contribution in [0.1, 0.15) is 6.92 Å². The van der Waals surface area contributed by atoms with Gasteiger partial charge in [-0.15, -0.1) is 0 Å². The highest BCUT2D eigenvalue weighted by Gasteiger charge is 1.88. The normalized spacial score (nSPS) is 10.9. The second kappa shape index (κ2) is 2.96. The van der Waals surface area contributed by atoms with Crippen molar-refractivity contribution < 1.29 is 14.7 Å². The van der Waals surface area contributed by atoms with Crippen molar-refractivity contribution in [1.82, 2.24) is 0 Å². The second-order valence-corrected chi connectivity index (χ2v) is 1.34. The molecule has 0 aliphatic heterocycles. The van der Waals surface area contributed by atoms with Crippen molar-refractivity contribution in [2.45, 2.75) is 6.92 Å². The molecular weight excluding hydrogens is 108 g/mol. The Kier molecular flexibility index (Phi) is 2.54. The lowest BCUT2D eigenvalue weighted by Crippen LogP contribution is -1.89. The van der Waals surface area contributed by atoms with Crippen LogP contribution >= 0.6 is 0 Å². The average Bonchev–Trinajstić information content (AvgIpc) is 1.65. The van der Waals surface area contributed by atoms with E-state index in [1.165, 1.54) is 6.92 Å². The van der Waals surface area contributed by atoms with Gasteiger partial charge in [0.2, 0.25) is 0 Å². The number of aldehydes is 1. The molecule has 0 aromatic heterocycles. The van der Waals surface area contributed by atoms with E-state index in [1.807, 2.05) is 0 Å². The molecular formula is C5H6O3. The smallest absolute Gasteiger partial charge is 0.328 e. The molecule has 8 heavy (non-hydrogen) atoms. The Morgan fingerprint density at radius 3 is 2.25 bits per heavy atom. The van der Waals surface area contributed by atoms with E-state index in [-0.39, 0.29) is 5.57 Å². The molecule has 0 aliphatic rings. The van der Waals surface area contributed by atoms with E-state index in [0.29, 0.717) is 6.29 Å². The van der Waals surface area contributed by atoms with E-state index in [0.717, 1.165) is 6.08 Å². The van der Waals surface area contributed by atoms with Gasteiger partial charge >= 0.3 is 5.97 Å². The van der Waals surface area contributed by atoms with Gasteiger partial charge in [0.25, 0.3) is 0 Å². The molecule has 0 atom stereocenters. The largest absolute Gasteiger partial charge is 0.478 e. The van der Waals surface area contributed by atoms with Gasteiger partial charge in [-0.25, -0.2) is 4.79 Å². The van der Waals surface area contributed by atoms with Gasteiger partial charge < -0.3 is 5.11 Å². The fourth-order valence-corrected chi connectivity index (χ4v) is 0.229. The summed E-state index contributed by atoms with van der Waals surface area (Å²) in [6.45, 7) is 1.43. The van der Waals surface area contributed by atoms with E-state index in [9.17, 15) is 9.59 Å². The van der Waals surface area contributed by atoms with E-state index in [2.05, 4.69) is 0 Å². The quantitative estimate of drug-likeness (QED) is 0.412. The molecule has 0 aliphatic carbocycles. The first-order valence-electron chi connectivity index (χ1n) is 2.03. The summed E-state index contributed by atoms with van der Waals surface area (Å²) in [5.41, 5.74) is 0.220. The monoisotopic (exact) mass is 114 g/mol. The van der Waals surface area contributed by atoms with Gasteiger partial charge in [-0.3, -0.25) is 4.79 Å². The van der Waals surface area contributed by atoms with Gasteiger partial charge in [0.1, 0.15) is 6.29 Å². The zero-order valence-corrected chi connectivity index (χ0v) is 4.42. The molecule has 3 heteroatoms. The summed E-state index contributed by atoms with van der Waals surface area (Å²) >= 11 is 0. The first kappa shape index (κ1) is 6.88. The molecule has 0 saturated carbocycles. The SMILES string of the molecule is C/C(C=O)=C\C(=O)O. The van der Waals surface area contributed by atoms with E-state index in [1.54, 1.807) is 0 Å². The highest BCUT2D eigenvalue weighted by atomic mass is 16.4. The zero-order valence-electron chi connectivity index (χ0n) is 4.42. The highest BCUT2D eigenvalue weighted by molar-refractivity contribution is 5.87. The number of allylic oxidation sites excluding steroid dienone is 1. The van der Waals surface area contributed by atoms with Crippen LogP contribution in [0.5, 0.6) is 0 Å². The number of carboxylic acid groups (broad SMARTS) is 1. The fraction of sp³-hybridized carbons (Fsp3) is 0.200. The maximum atomic E-state index is 9.73. The van der Waals surface area contributed by atoms with Crippen molar-refractivity contribution in [3.8, 4) is 0 Å². The van der Waals surface area contributed by atoms with Crippen LogP contribution in [0.15, 0.2) is 11.6 Å². The lowest BCUT2D eigenvalue weighted by atomic mass is 10.3. The maximum Gasteiger partial charge on any atom is 0.328 e. The molecule has 0 radical (unpaired) electrons. The standard InChI is InChI=1S/C5H6O3/c1-4(3-6)2-5(7)8/h2-3H,1H3,(H,7,8)/b4-2+. The van der Waals surface area contributed by atoms with Gasteiger partial charge in [-0.05, 0) is 12.5 Å². The molecule has 0 unspecified atom stereocenters. The molecule has 0 aromatic carbocycles. The molecule has 44 valence electrons. The molecule has 0 aromatic rings. The molecule has 0 amide bonds. The minimum absolute atomic E-state index is 0.220. The Bertz CT molecular complexity index is 135. The van der Waals surface area contributed by atoms with Crippen LogP contribution in [-0.2, 0) is 9.59 Å². The Labute approximate surface area is 46.6 Å². The van der Waals surface area contributed by atoms with Gasteiger partial charge in [0.05, 0.1) is 0 Å². The van der Waals surface area contributed by atoms with Crippen molar-refractivity contribution in [2.24, 2.45) is 0 Å². The third-order valence-electron chi connectivity index (χ3n) is 0.537. The van der Waals surface area contributed by atoms with Gasteiger partial charge in [0, 0.05) is 6.08 Å². The number of carbonyl (C=O) groups excluding carboxylic acids is 1. The number of hydrogen-bond donors (Lipinski definition) is 1. The first-order chi connectivity index (χ1) is 3.66. The third kappa shape index (κ3) is 3.08. The Hall–Kier alpha value is -1.12. The van der Waals surface area contributed by atoms with Crippen molar-refractivity contribution in [3.63, 3.8) is 0 Å². The summed E-state index contributed by atoms with van der Waals surface area (Å²) in [6.07, 6.45) is 1.35. The Morgan fingerprint density at radius 1 is 1.62 bits per heavy atom. The summed E-state index contributed by atoms with van der Waals surface area (Å²) in [7, 11) is 0. The number of hydrogen-bond acceptors (Lipinski definition) is 2. The lowest BCUT2D eigenvalue weighted by molar-refractivity contribution is -0.131. The van der Waals surface area contributed by atoms with Crippen molar-refractivity contribution in [2.75, 3.05) is 0 Å². The van der Waals surface area contributed by atoms with Gasteiger partial charge in [-0.1, -0.05) is 0 Å². The molecule has 1 N–H and O–H groups in total. The topological polar surface area (TPSA) is 54.4 Å². The van der Waals surface area contributed by atoms with Crippen LogP contribution in [0.25, 0.3) is 0 Å². The summed E-state index contributed by atoms with van der Waals surface area (Å²) in [5, 5.41) is 7.98. The predicted molar refractivity (Wildman–Crippen MR) is 27.5 cm³/mol. The van der Waals surface area contributed by atoms with E-state index < -0.39 is 5.97 Å². The number of carbonyl (C=O) groups is 2. The maximum absolute atomic E-state index is 9.73. The molecule has 0 rings (SSSR count). The molecule has 0 fully saturated rings. The first-order valence-corrected chi connectivity index (χ1v) is 2.03. The number of rotatable bonds is 2. The minimum atomic E-state index is -1.09. The summed E-state index contributed by atoms with van der Waals surface area (Å²) < 4.78 is 0. The van der Waals surface area contributed by atoms with Gasteiger partial charge in [0.15, 0.2) is 0 Å². The fourth-order valence-electron chi connectivity index (χ4n) is 0.229. The minimum Gasteiger partial charge on any atom is -0.478 e. The predicted octanol–water partition coefficient (Wildman–Crippen LogP) is 0.216. The van der Waals surface area contributed by atoms with Crippen molar-refractivity contribution in [1.29, 1.82) is 0 Å². The molecule has 0 bridgehead atoms. The lowest BCUT2D eigenvalue weighted by Gasteiger charge is -1.79. The Balaban J connectivity index is 3.94. The second-order valence-electron chi connectivity index (χ2n) is 1.34. The average molecular weight is 114 g/mol. The van der Waals surface area contributed by atoms with Crippen molar-refractivity contribution in [3.05, 3.63) is 11.6 Å². The van der Waals surface area contributed by atoms with Crippen molar-refractivity contribution >= 4 is 12.3 Å². The summed E-state index contributed by atoms with van der Waals surface area (Å²) in [4.78, 5) is 19.4. The molecule has 0 heterocycles. The van der Waals surface area contributed by atoms with Crippen LogP contribution in [0, 0.1) is 0 Å². The summed E-state index contributed by atoms with van der Waals surface area (Å²) in [5.74, 6) is -1.09. The number of aliphatic carboxylic acids is 1. The van der Waals surface area contributed by atoms with Crippen LogP contribution < -0.4 is 0 Å². The van der Waals surface area contributed by atoms with Crippen LogP contribution in [-0.4, -0.2) is 17.4 Å². The molecule has 3 nitrogen and oxygen atoms in total. The van der Waals surface area contributed by atoms with Crippen LogP contribution in [0.4, 0.5) is 0 Å². The Morgan fingerprint density at radius 2 is 2.12 bits per heavy atom. The third-order valence-corrected chi connectivity index (χ3v) is 0.537. The highest BCUT2D eigenvalue weighted by Crippen LogP contribution is 1.83. The molecule has 0 saturated heterocycles. The number of carboxylic acids is 1. The van der Waals surface area contributed by atoms with Crippen LogP contribution in [0.3, 0.4) is 0 Å². The van der Waals surface area contributed by atoms with E-state index in [4.69, 9.17) is 5.11 Å². The van der Waals surface area contributed by atoms with Crippen LogP contribution in [0.2, 0.25) is 0 Å². The molecule has 0 spiro atoms. The zero-order chi connectivity index (χ0) is 6.57. The summed E-state index contributed by atoms with van der Waals surface area (Å²) in [6, 6.07) is 0. The van der Waals surface area contributed by atoms with Gasteiger partial charge in [-0.2, -0.15) is 0 Å². The van der Waals surface area contributed by atoms with E-state index >= 15 is 0 Å².